The minimum atomic E-state index is 0.587. The average molecular weight is 101 g/mol. The van der Waals surface area contributed by atoms with Gasteiger partial charge < -0.3 is 0 Å². The van der Waals surface area contributed by atoms with Gasteiger partial charge in [0.2, 0.25) is 0 Å². The van der Waals surface area contributed by atoms with Gasteiger partial charge in [0, 0.05) is 6.54 Å². The minimum Gasteiger partial charge on any atom is -0.272 e. The lowest BCUT2D eigenvalue weighted by Gasteiger charge is -2.03. The zero-order valence-electron chi connectivity index (χ0n) is 4.35. The second kappa shape index (κ2) is 3.61. The molecule has 0 aliphatic carbocycles. The van der Waals surface area contributed by atoms with Crippen LogP contribution in [0.25, 0.3) is 0 Å². The van der Waals surface area contributed by atoms with Gasteiger partial charge in [-0.3, -0.25) is 9.80 Å². The first-order valence-corrected chi connectivity index (χ1v) is 2.21. The first-order chi connectivity index (χ1) is 3.31. The number of nitrogens with two attached hydrogens (primary N) is 1. The van der Waals surface area contributed by atoms with Gasteiger partial charge in [0.25, 0.3) is 0 Å². The Labute approximate surface area is 43.1 Å². The highest BCUT2D eigenvalue weighted by Gasteiger charge is 1.87. The fraction of sp³-hybridized carbons (Fsp3) is 0.750. The van der Waals surface area contributed by atoms with E-state index < -0.39 is 0 Å². The van der Waals surface area contributed by atoms with Crippen LogP contribution in [0.1, 0.15) is 13.3 Å². The highest BCUT2D eigenvalue weighted by atomic mass is 16.1. The van der Waals surface area contributed by atoms with E-state index in [-0.39, 0.29) is 0 Å². The molecule has 0 spiro atoms. The van der Waals surface area contributed by atoms with Crippen molar-refractivity contribution in [3.05, 3.63) is 0 Å². The van der Waals surface area contributed by atoms with Gasteiger partial charge in [-0.1, -0.05) is 6.92 Å². The summed E-state index contributed by atoms with van der Waals surface area (Å²) in [5.41, 5.74) is 0. The molecular weight excluding hydrogens is 92.1 g/mol. The average Bonchev–Trinajstić information content (AvgIpc) is 1.68. The molecule has 41 valence electrons. The number of hydrogen-bond acceptors (Lipinski definition) is 2. The molecule has 0 atom stereocenters. The van der Waals surface area contributed by atoms with E-state index in [0.29, 0.717) is 6.54 Å². The molecule has 0 bridgehead atoms. The predicted molar refractivity (Wildman–Crippen MR) is 26.9 cm³/mol. The molecule has 0 heterocycles. The van der Waals surface area contributed by atoms with Crippen LogP contribution in [0.15, 0.2) is 0 Å². The summed E-state index contributed by atoms with van der Waals surface area (Å²) in [6.07, 6.45) is 2.41. The number of nitrogens with zero attached hydrogens (tertiary/aromatic N) is 1. The second-order valence-corrected chi connectivity index (χ2v) is 1.28. The van der Waals surface area contributed by atoms with Crippen LogP contribution >= 0.6 is 0 Å². The van der Waals surface area contributed by atoms with Crippen LogP contribution < -0.4 is 5.84 Å². The summed E-state index contributed by atoms with van der Waals surface area (Å²) in [6, 6.07) is 0. The zero-order valence-corrected chi connectivity index (χ0v) is 4.35. The van der Waals surface area contributed by atoms with Crippen molar-refractivity contribution in [2.24, 2.45) is 5.84 Å². The lowest BCUT2D eigenvalue weighted by atomic mass is 10.5. The standard InChI is InChI=1S/C4H9N2O/c1-2-3-6(5)4-7/h2-3,5H2,1H3. The van der Waals surface area contributed by atoms with Gasteiger partial charge in [-0.05, 0) is 6.42 Å². The van der Waals surface area contributed by atoms with Gasteiger partial charge in [0.05, 0.1) is 0 Å². The number of carbonyl (C=O) groups excluding carboxylic acids is 1. The van der Waals surface area contributed by atoms with Crippen LogP contribution in [0, 0.1) is 0 Å². The quantitative estimate of drug-likeness (QED) is 0.228. The summed E-state index contributed by atoms with van der Waals surface area (Å²) in [5.74, 6) is 4.99. The van der Waals surface area contributed by atoms with Crippen LogP contribution in [0.3, 0.4) is 0 Å². The molecule has 1 radical (unpaired) electrons. The van der Waals surface area contributed by atoms with E-state index in [1.165, 1.54) is 6.41 Å². The van der Waals surface area contributed by atoms with Crippen molar-refractivity contribution in [3.63, 3.8) is 0 Å². The van der Waals surface area contributed by atoms with E-state index in [4.69, 9.17) is 5.84 Å². The van der Waals surface area contributed by atoms with Gasteiger partial charge >= 0.3 is 6.41 Å². The smallest absolute Gasteiger partial charge is 0.272 e. The molecule has 0 aliphatic heterocycles. The molecule has 0 saturated heterocycles. The molecule has 0 aromatic carbocycles. The summed E-state index contributed by atoms with van der Waals surface area (Å²) in [4.78, 5) is 9.57. The zero-order chi connectivity index (χ0) is 5.70. The Morgan fingerprint density at radius 3 is 2.57 bits per heavy atom. The van der Waals surface area contributed by atoms with Crippen molar-refractivity contribution < 1.29 is 4.79 Å². The predicted octanol–water partition coefficient (Wildman–Crippen LogP) is -0.361. The number of hydrazine groups is 1. The van der Waals surface area contributed by atoms with E-state index in [1.807, 2.05) is 6.92 Å². The fourth-order valence-electron chi connectivity index (χ4n) is 0.287. The number of amides is 1. The first-order valence-electron chi connectivity index (χ1n) is 2.21. The Morgan fingerprint density at radius 2 is 2.43 bits per heavy atom. The maximum atomic E-state index is 9.57. The van der Waals surface area contributed by atoms with Crippen molar-refractivity contribution in [3.8, 4) is 0 Å². The maximum absolute atomic E-state index is 9.57. The van der Waals surface area contributed by atoms with Gasteiger partial charge in [-0.2, -0.15) is 0 Å². The van der Waals surface area contributed by atoms with Crippen LogP contribution in [0.4, 0.5) is 0 Å². The Morgan fingerprint density at radius 1 is 1.86 bits per heavy atom. The third-order valence-corrected chi connectivity index (χ3v) is 0.582. The van der Waals surface area contributed by atoms with E-state index in [0.717, 1.165) is 11.4 Å². The Hall–Kier alpha value is -0.570. The summed E-state index contributed by atoms with van der Waals surface area (Å²) in [5, 5.41) is 1.00. The van der Waals surface area contributed by atoms with Gasteiger partial charge in [-0.15, -0.1) is 0 Å². The van der Waals surface area contributed by atoms with Crippen LogP contribution in [0.5, 0.6) is 0 Å². The van der Waals surface area contributed by atoms with Crippen molar-refractivity contribution in [2.75, 3.05) is 6.54 Å². The molecule has 0 rings (SSSR count). The SMILES string of the molecule is CCCN(N)[C]=O. The van der Waals surface area contributed by atoms with E-state index >= 15 is 0 Å². The summed E-state index contributed by atoms with van der Waals surface area (Å²) >= 11 is 0. The molecule has 2 N–H and O–H groups in total. The largest absolute Gasteiger partial charge is 0.327 e. The Kier molecular flexibility index (Phi) is 3.32. The van der Waals surface area contributed by atoms with E-state index in [2.05, 4.69) is 0 Å². The van der Waals surface area contributed by atoms with Crippen molar-refractivity contribution in [1.82, 2.24) is 5.01 Å². The Bertz CT molecular complexity index is 55.7. The lowest BCUT2D eigenvalue weighted by molar-refractivity contribution is 0.392. The number of rotatable bonds is 3. The summed E-state index contributed by atoms with van der Waals surface area (Å²) in [7, 11) is 0. The molecule has 3 heteroatoms. The topological polar surface area (TPSA) is 46.3 Å². The lowest BCUT2D eigenvalue weighted by Crippen LogP contribution is -2.29. The summed E-state index contributed by atoms with van der Waals surface area (Å²) < 4.78 is 0. The molecule has 0 unspecified atom stereocenters. The molecule has 0 aliphatic rings. The molecule has 0 aromatic heterocycles. The maximum Gasteiger partial charge on any atom is 0.327 e. The Balaban J connectivity index is 2.98. The van der Waals surface area contributed by atoms with Gasteiger partial charge in [-0.25, -0.2) is 5.84 Å². The summed E-state index contributed by atoms with van der Waals surface area (Å²) in [6.45, 7) is 2.53. The normalized spacial score (nSPS) is 8.29. The molecular formula is C4H9N2O. The van der Waals surface area contributed by atoms with Crippen molar-refractivity contribution in [1.29, 1.82) is 0 Å². The molecule has 0 saturated carbocycles. The molecule has 7 heavy (non-hydrogen) atoms. The third kappa shape index (κ3) is 3.26. The van der Waals surface area contributed by atoms with Crippen molar-refractivity contribution >= 4 is 6.41 Å². The van der Waals surface area contributed by atoms with E-state index in [9.17, 15) is 4.79 Å². The van der Waals surface area contributed by atoms with Gasteiger partial charge in [0.1, 0.15) is 0 Å². The second-order valence-electron chi connectivity index (χ2n) is 1.28. The molecule has 0 fully saturated rings. The molecule has 1 amide bonds. The number of hydrogen-bond donors (Lipinski definition) is 1. The van der Waals surface area contributed by atoms with Crippen LogP contribution in [-0.2, 0) is 4.79 Å². The molecule has 0 aromatic rings. The van der Waals surface area contributed by atoms with Crippen LogP contribution in [0.2, 0.25) is 0 Å². The fourth-order valence-corrected chi connectivity index (χ4v) is 0.287. The first kappa shape index (κ1) is 6.43. The monoisotopic (exact) mass is 101 g/mol. The van der Waals surface area contributed by atoms with E-state index in [1.54, 1.807) is 0 Å². The van der Waals surface area contributed by atoms with Crippen LogP contribution in [-0.4, -0.2) is 18.0 Å². The third-order valence-electron chi connectivity index (χ3n) is 0.582. The molecule has 3 nitrogen and oxygen atoms in total. The van der Waals surface area contributed by atoms with Crippen molar-refractivity contribution in [2.45, 2.75) is 13.3 Å². The highest BCUT2D eigenvalue weighted by molar-refractivity contribution is 5.46. The minimum absolute atomic E-state index is 0.587. The highest BCUT2D eigenvalue weighted by Crippen LogP contribution is 1.74. The van der Waals surface area contributed by atoms with Gasteiger partial charge in [0.15, 0.2) is 0 Å².